The van der Waals surface area contributed by atoms with Gasteiger partial charge >= 0.3 is 5.97 Å². The van der Waals surface area contributed by atoms with Crippen molar-refractivity contribution in [3.8, 4) is 0 Å². The molecule has 1 aromatic rings. The van der Waals surface area contributed by atoms with Gasteiger partial charge in [-0.15, -0.1) is 0 Å². The van der Waals surface area contributed by atoms with Crippen molar-refractivity contribution < 1.29 is 14.7 Å². The van der Waals surface area contributed by atoms with Gasteiger partial charge in [-0.05, 0) is 30.4 Å². The third kappa shape index (κ3) is 3.57. The highest BCUT2D eigenvalue weighted by Crippen LogP contribution is 2.16. The van der Waals surface area contributed by atoms with E-state index in [2.05, 4.69) is 12.1 Å². The molecule has 0 saturated carbocycles. The number of carboxylic acids is 1. The number of benzene rings is 1. The van der Waals surface area contributed by atoms with E-state index >= 15 is 0 Å². The molecule has 0 spiro atoms. The average Bonchev–Trinajstić information content (AvgIpc) is 2.66. The maximum Gasteiger partial charge on any atom is 0.320 e. The first-order valence-corrected chi connectivity index (χ1v) is 6.91. The van der Waals surface area contributed by atoms with Gasteiger partial charge in [-0.3, -0.25) is 9.59 Å². The molecule has 5 heteroatoms. The highest BCUT2D eigenvalue weighted by Gasteiger charge is 2.20. The van der Waals surface area contributed by atoms with E-state index in [4.69, 9.17) is 10.8 Å². The van der Waals surface area contributed by atoms with Crippen LogP contribution in [-0.2, 0) is 22.4 Å². The molecule has 0 radical (unpaired) electrons. The predicted octanol–water partition coefficient (Wildman–Crippen LogP) is 0.806. The standard InChI is InChI=1S/C15H20N2O3/c16-13(15(19)20)5-6-14(18)17-9-7-11-3-1-2-4-12(11)8-10-17/h1-4,13H,5-10,16H2,(H,19,20)/t13-/m0/s1. The Balaban J connectivity index is 1.89. The molecule has 3 N–H and O–H groups in total. The highest BCUT2D eigenvalue weighted by atomic mass is 16.4. The Morgan fingerprint density at radius 3 is 2.25 bits per heavy atom. The van der Waals surface area contributed by atoms with E-state index in [9.17, 15) is 9.59 Å². The Labute approximate surface area is 118 Å². The van der Waals surface area contributed by atoms with Crippen LogP contribution in [0.25, 0.3) is 0 Å². The number of hydrogen-bond donors (Lipinski definition) is 2. The summed E-state index contributed by atoms with van der Waals surface area (Å²) in [6.45, 7) is 1.39. The summed E-state index contributed by atoms with van der Waals surface area (Å²) < 4.78 is 0. The van der Waals surface area contributed by atoms with E-state index < -0.39 is 12.0 Å². The first-order valence-electron chi connectivity index (χ1n) is 6.91. The molecule has 1 aliphatic heterocycles. The minimum Gasteiger partial charge on any atom is -0.480 e. The fourth-order valence-corrected chi connectivity index (χ4v) is 2.48. The number of carboxylic acid groups (broad SMARTS) is 1. The molecule has 0 bridgehead atoms. The maximum absolute atomic E-state index is 12.1. The Hall–Kier alpha value is -1.88. The van der Waals surface area contributed by atoms with Crippen LogP contribution in [0.5, 0.6) is 0 Å². The summed E-state index contributed by atoms with van der Waals surface area (Å²) >= 11 is 0. The number of amides is 1. The number of nitrogens with zero attached hydrogens (tertiary/aromatic N) is 1. The first kappa shape index (κ1) is 14.5. The SMILES string of the molecule is N[C@@H](CCC(=O)N1CCc2ccccc2CC1)C(=O)O. The normalized spacial score (nSPS) is 16.1. The quantitative estimate of drug-likeness (QED) is 0.852. The Kier molecular flexibility index (Phi) is 4.74. The summed E-state index contributed by atoms with van der Waals surface area (Å²) in [4.78, 5) is 24.6. The van der Waals surface area contributed by atoms with E-state index in [1.54, 1.807) is 0 Å². The van der Waals surface area contributed by atoms with Crippen LogP contribution in [0.2, 0.25) is 0 Å². The van der Waals surface area contributed by atoms with Crippen molar-refractivity contribution in [1.82, 2.24) is 4.90 Å². The van der Waals surface area contributed by atoms with Crippen LogP contribution in [0, 0.1) is 0 Å². The number of rotatable bonds is 4. The molecule has 2 rings (SSSR count). The lowest BCUT2D eigenvalue weighted by molar-refractivity contribution is -0.139. The monoisotopic (exact) mass is 276 g/mol. The van der Waals surface area contributed by atoms with Crippen LogP contribution < -0.4 is 5.73 Å². The molecule has 1 aromatic carbocycles. The summed E-state index contributed by atoms with van der Waals surface area (Å²) in [7, 11) is 0. The van der Waals surface area contributed by atoms with Crippen molar-refractivity contribution in [1.29, 1.82) is 0 Å². The topological polar surface area (TPSA) is 83.6 Å². The van der Waals surface area contributed by atoms with Gasteiger partial charge in [-0.1, -0.05) is 24.3 Å². The van der Waals surface area contributed by atoms with Gasteiger partial charge < -0.3 is 15.7 Å². The minimum atomic E-state index is -1.05. The summed E-state index contributed by atoms with van der Waals surface area (Å²) in [6.07, 6.45) is 2.10. The molecule has 1 atom stereocenters. The number of aliphatic carboxylic acids is 1. The fourth-order valence-electron chi connectivity index (χ4n) is 2.48. The molecule has 0 aliphatic carbocycles. The van der Waals surface area contributed by atoms with Gasteiger partial charge in [0.1, 0.15) is 6.04 Å². The lowest BCUT2D eigenvalue weighted by atomic mass is 10.0. The number of carbonyl (C=O) groups excluding carboxylic acids is 1. The van der Waals surface area contributed by atoms with Crippen molar-refractivity contribution >= 4 is 11.9 Å². The zero-order chi connectivity index (χ0) is 14.5. The highest BCUT2D eigenvalue weighted by molar-refractivity contribution is 5.78. The number of hydrogen-bond acceptors (Lipinski definition) is 3. The molecular weight excluding hydrogens is 256 g/mol. The predicted molar refractivity (Wildman–Crippen MR) is 75.3 cm³/mol. The Morgan fingerprint density at radius 1 is 1.20 bits per heavy atom. The van der Waals surface area contributed by atoms with E-state index in [-0.39, 0.29) is 18.7 Å². The molecule has 1 aliphatic rings. The molecule has 20 heavy (non-hydrogen) atoms. The molecule has 0 saturated heterocycles. The number of nitrogens with two attached hydrogens (primary N) is 1. The molecule has 1 heterocycles. The van der Waals surface area contributed by atoms with Crippen LogP contribution in [-0.4, -0.2) is 41.0 Å². The molecule has 1 amide bonds. The summed E-state index contributed by atoms with van der Waals surface area (Å²) in [6, 6.07) is 7.28. The van der Waals surface area contributed by atoms with E-state index in [1.807, 2.05) is 17.0 Å². The van der Waals surface area contributed by atoms with Crippen LogP contribution in [0.1, 0.15) is 24.0 Å². The summed E-state index contributed by atoms with van der Waals surface area (Å²) in [5.41, 5.74) is 8.02. The van der Waals surface area contributed by atoms with Crippen molar-refractivity contribution in [3.63, 3.8) is 0 Å². The van der Waals surface area contributed by atoms with Crippen molar-refractivity contribution in [2.45, 2.75) is 31.7 Å². The van der Waals surface area contributed by atoms with Crippen LogP contribution in [0.15, 0.2) is 24.3 Å². The van der Waals surface area contributed by atoms with Gasteiger partial charge in [0.15, 0.2) is 0 Å². The average molecular weight is 276 g/mol. The third-order valence-electron chi connectivity index (χ3n) is 3.76. The van der Waals surface area contributed by atoms with Crippen LogP contribution >= 0.6 is 0 Å². The number of fused-ring (bicyclic) bond motifs is 1. The van der Waals surface area contributed by atoms with Gasteiger partial charge in [0.25, 0.3) is 0 Å². The lowest BCUT2D eigenvalue weighted by Crippen LogP contribution is -2.36. The van der Waals surface area contributed by atoms with E-state index in [0.717, 1.165) is 12.8 Å². The maximum atomic E-state index is 12.1. The smallest absolute Gasteiger partial charge is 0.320 e. The molecule has 5 nitrogen and oxygen atoms in total. The summed E-state index contributed by atoms with van der Waals surface area (Å²) in [5.74, 6) is -1.06. The molecular formula is C15H20N2O3. The van der Waals surface area contributed by atoms with Crippen LogP contribution in [0.4, 0.5) is 0 Å². The second kappa shape index (κ2) is 6.52. The molecule has 0 unspecified atom stereocenters. The van der Waals surface area contributed by atoms with Gasteiger partial charge in [0.2, 0.25) is 5.91 Å². The first-order chi connectivity index (χ1) is 9.58. The molecule has 0 aromatic heterocycles. The largest absolute Gasteiger partial charge is 0.480 e. The van der Waals surface area contributed by atoms with Crippen LogP contribution in [0.3, 0.4) is 0 Å². The van der Waals surface area contributed by atoms with Crippen molar-refractivity contribution in [2.75, 3.05) is 13.1 Å². The second-order valence-electron chi connectivity index (χ2n) is 5.13. The molecule has 108 valence electrons. The zero-order valence-electron chi connectivity index (χ0n) is 11.4. The van der Waals surface area contributed by atoms with E-state index in [1.165, 1.54) is 11.1 Å². The Morgan fingerprint density at radius 2 is 1.75 bits per heavy atom. The van der Waals surface area contributed by atoms with Gasteiger partial charge in [0, 0.05) is 19.5 Å². The third-order valence-corrected chi connectivity index (χ3v) is 3.76. The minimum absolute atomic E-state index is 0.00509. The van der Waals surface area contributed by atoms with E-state index in [0.29, 0.717) is 13.1 Å². The van der Waals surface area contributed by atoms with Crippen molar-refractivity contribution in [2.24, 2.45) is 5.73 Å². The van der Waals surface area contributed by atoms with Crippen molar-refractivity contribution in [3.05, 3.63) is 35.4 Å². The number of carbonyl (C=O) groups is 2. The van der Waals surface area contributed by atoms with Gasteiger partial charge in [-0.2, -0.15) is 0 Å². The zero-order valence-corrected chi connectivity index (χ0v) is 11.4. The van der Waals surface area contributed by atoms with Gasteiger partial charge in [-0.25, -0.2) is 0 Å². The molecule has 0 fully saturated rings. The fraction of sp³-hybridized carbons (Fsp3) is 0.467. The second-order valence-corrected chi connectivity index (χ2v) is 5.13. The Bertz CT molecular complexity index is 475. The van der Waals surface area contributed by atoms with Gasteiger partial charge in [0.05, 0.1) is 0 Å². The summed E-state index contributed by atoms with van der Waals surface area (Å²) in [5, 5.41) is 8.72. The lowest BCUT2D eigenvalue weighted by Gasteiger charge is -2.20.